The summed E-state index contributed by atoms with van der Waals surface area (Å²) in [5.41, 5.74) is 1.26. The number of rotatable bonds is 7. The number of hydrogen-bond acceptors (Lipinski definition) is 3. The summed E-state index contributed by atoms with van der Waals surface area (Å²) in [6.07, 6.45) is 3.04. The average molecular weight is 224 g/mol. The van der Waals surface area contributed by atoms with Gasteiger partial charge in [-0.05, 0) is 47.0 Å². The van der Waals surface area contributed by atoms with Gasteiger partial charge >= 0.3 is 0 Å². The first kappa shape index (κ1) is 13.2. The lowest BCUT2D eigenvalue weighted by atomic mass is 10.2. The molecule has 0 aliphatic heterocycles. The number of hydrogen-bond donors (Lipinski definition) is 1. The van der Waals surface area contributed by atoms with Crippen LogP contribution in [0.2, 0.25) is 0 Å². The summed E-state index contributed by atoms with van der Waals surface area (Å²) in [6.45, 7) is 7.32. The molecule has 4 heteroatoms. The molecule has 0 radical (unpaired) electrons. The van der Waals surface area contributed by atoms with Gasteiger partial charge in [-0.15, -0.1) is 0 Å². The molecule has 0 aliphatic rings. The van der Waals surface area contributed by atoms with Crippen LogP contribution in [0.1, 0.15) is 26.0 Å². The molecule has 1 aromatic rings. The zero-order valence-electron chi connectivity index (χ0n) is 10.9. The standard InChI is InChI=1S/C12H24N4/c1-5-16-12(6-8-14-16)10-13-11(2)7-9-15(3)4/h6,8,11,13H,5,7,9-10H2,1-4H3. The predicted octanol–water partition coefficient (Wildman–Crippen LogP) is 1.33. The smallest absolute Gasteiger partial charge is 0.0522 e. The lowest BCUT2D eigenvalue weighted by Gasteiger charge is -2.16. The fraction of sp³-hybridized carbons (Fsp3) is 0.750. The molecule has 0 amide bonds. The molecule has 0 spiro atoms. The van der Waals surface area contributed by atoms with E-state index in [4.69, 9.17) is 0 Å². The van der Waals surface area contributed by atoms with E-state index in [1.165, 1.54) is 12.1 Å². The van der Waals surface area contributed by atoms with Crippen LogP contribution < -0.4 is 5.32 Å². The lowest BCUT2D eigenvalue weighted by molar-refractivity contribution is 0.364. The topological polar surface area (TPSA) is 33.1 Å². The van der Waals surface area contributed by atoms with Crippen LogP contribution >= 0.6 is 0 Å². The third-order valence-electron chi connectivity index (χ3n) is 2.75. The van der Waals surface area contributed by atoms with Crippen LogP contribution in [0.4, 0.5) is 0 Å². The first-order chi connectivity index (χ1) is 7.63. The van der Waals surface area contributed by atoms with Crippen LogP contribution in [0.15, 0.2) is 12.3 Å². The second-order valence-corrected chi connectivity index (χ2v) is 4.51. The van der Waals surface area contributed by atoms with Gasteiger partial charge in [0.05, 0.1) is 5.69 Å². The Labute approximate surface area is 98.6 Å². The van der Waals surface area contributed by atoms with Crippen molar-refractivity contribution >= 4 is 0 Å². The number of nitrogens with one attached hydrogen (secondary N) is 1. The molecule has 1 atom stereocenters. The maximum absolute atomic E-state index is 4.26. The Hall–Kier alpha value is -0.870. The predicted molar refractivity (Wildman–Crippen MR) is 67.4 cm³/mol. The van der Waals surface area contributed by atoms with Gasteiger partial charge in [-0.2, -0.15) is 5.10 Å². The van der Waals surface area contributed by atoms with E-state index in [9.17, 15) is 0 Å². The maximum Gasteiger partial charge on any atom is 0.0522 e. The first-order valence-corrected chi connectivity index (χ1v) is 6.02. The largest absolute Gasteiger partial charge is 0.309 e. The van der Waals surface area contributed by atoms with Crippen molar-refractivity contribution in [1.29, 1.82) is 0 Å². The highest BCUT2D eigenvalue weighted by Crippen LogP contribution is 2.00. The molecule has 1 unspecified atom stereocenters. The van der Waals surface area contributed by atoms with Crippen molar-refractivity contribution < 1.29 is 0 Å². The van der Waals surface area contributed by atoms with Gasteiger partial charge in [0.2, 0.25) is 0 Å². The monoisotopic (exact) mass is 224 g/mol. The minimum absolute atomic E-state index is 0.544. The molecule has 4 nitrogen and oxygen atoms in total. The molecule has 92 valence electrons. The van der Waals surface area contributed by atoms with Gasteiger partial charge in [0.1, 0.15) is 0 Å². The number of aromatic nitrogens is 2. The van der Waals surface area contributed by atoms with Crippen molar-refractivity contribution in [2.75, 3.05) is 20.6 Å². The summed E-state index contributed by atoms with van der Waals surface area (Å²) in [7, 11) is 4.22. The summed E-state index contributed by atoms with van der Waals surface area (Å²) in [5.74, 6) is 0. The van der Waals surface area contributed by atoms with E-state index in [0.29, 0.717) is 6.04 Å². The van der Waals surface area contributed by atoms with Gasteiger partial charge in [0, 0.05) is 25.3 Å². The van der Waals surface area contributed by atoms with Crippen LogP contribution in [-0.2, 0) is 13.1 Å². The summed E-state index contributed by atoms with van der Waals surface area (Å²) in [4.78, 5) is 2.22. The van der Waals surface area contributed by atoms with Gasteiger partial charge in [-0.3, -0.25) is 4.68 Å². The second-order valence-electron chi connectivity index (χ2n) is 4.51. The Balaban J connectivity index is 2.28. The molecule has 0 saturated carbocycles. The van der Waals surface area contributed by atoms with E-state index >= 15 is 0 Å². The normalized spacial score (nSPS) is 13.3. The van der Waals surface area contributed by atoms with Crippen LogP contribution in [0.3, 0.4) is 0 Å². The van der Waals surface area contributed by atoms with Crippen LogP contribution in [0, 0.1) is 0 Å². The van der Waals surface area contributed by atoms with Gasteiger partial charge in [-0.1, -0.05) is 0 Å². The van der Waals surface area contributed by atoms with Crippen molar-refractivity contribution in [2.24, 2.45) is 0 Å². The zero-order chi connectivity index (χ0) is 12.0. The first-order valence-electron chi connectivity index (χ1n) is 6.02. The Kier molecular flexibility index (Phi) is 5.49. The van der Waals surface area contributed by atoms with E-state index in [0.717, 1.165) is 19.6 Å². The Morgan fingerprint density at radius 2 is 2.25 bits per heavy atom. The molecule has 16 heavy (non-hydrogen) atoms. The fourth-order valence-electron chi connectivity index (χ4n) is 1.63. The molecule has 1 rings (SSSR count). The van der Waals surface area contributed by atoms with E-state index in [1.54, 1.807) is 0 Å². The highest BCUT2D eigenvalue weighted by molar-refractivity contribution is 5.00. The third-order valence-corrected chi connectivity index (χ3v) is 2.75. The molecular weight excluding hydrogens is 200 g/mol. The van der Waals surface area contributed by atoms with Gasteiger partial charge in [0.15, 0.2) is 0 Å². The quantitative estimate of drug-likeness (QED) is 0.758. The number of aryl methyl sites for hydroxylation is 1. The minimum atomic E-state index is 0.544. The highest BCUT2D eigenvalue weighted by Gasteiger charge is 2.04. The molecule has 0 saturated heterocycles. The SMILES string of the molecule is CCn1nccc1CNC(C)CCN(C)C. The molecule has 1 N–H and O–H groups in total. The van der Waals surface area contributed by atoms with Gasteiger partial charge in [0.25, 0.3) is 0 Å². The summed E-state index contributed by atoms with van der Waals surface area (Å²) < 4.78 is 2.03. The molecular formula is C12H24N4. The highest BCUT2D eigenvalue weighted by atomic mass is 15.3. The summed E-state index contributed by atoms with van der Waals surface area (Å²) in [6, 6.07) is 2.62. The molecule has 0 aromatic carbocycles. The Morgan fingerprint density at radius 1 is 1.50 bits per heavy atom. The minimum Gasteiger partial charge on any atom is -0.309 e. The fourth-order valence-corrected chi connectivity index (χ4v) is 1.63. The van der Waals surface area contributed by atoms with Crippen molar-refractivity contribution in [3.63, 3.8) is 0 Å². The van der Waals surface area contributed by atoms with E-state index in [2.05, 4.69) is 49.3 Å². The Bertz CT molecular complexity index is 293. The van der Waals surface area contributed by atoms with E-state index < -0.39 is 0 Å². The van der Waals surface area contributed by atoms with Crippen molar-refractivity contribution in [1.82, 2.24) is 20.0 Å². The van der Waals surface area contributed by atoms with Gasteiger partial charge < -0.3 is 10.2 Å². The molecule has 1 aromatic heterocycles. The zero-order valence-corrected chi connectivity index (χ0v) is 10.9. The van der Waals surface area contributed by atoms with Crippen molar-refractivity contribution in [3.8, 4) is 0 Å². The van der Waals surface area contributed by atoms with E-state index in [-0.39, 0.29) is 0 Å². The van der Waals surface area contributed by atoms with Crippen LogP contribution in [-0.4, -0.2) is 41.4 Å². The Morgan fingerprint density at radius 3 is 2.88 bits per heavy atom. The molecule has 1 heterocycles. The van der Waals surface area contributed by atoms with Gasteiger partial charge in [-0.25, -0.2) is 0 Å². The van der Waals surface area contributed by atoms with Crippen molar-refractivity contribution in [2.45, 2.75) is 39.4 Å². The number of nitrogens with zero attached hydrogens (tertiary/aromatic N) is 3. The maximum atomic E-state index is 4.26. The third kappa shape index (κ3) is 4.33. The van der Waals surface area contributed by atoms with Crippen LogP contribution in [0.25, 0.3) is 0 Å². The molecule has 0 fully saturated rings. The lowest BCUT2D eigenvalue weighted by Crippen LogP contribution is -2.30. The van der Waals surface area contributed by atoms with Crippen molar-refractivity contribution in [3.05, 3.63) is 18.0 Å². The molecule has 0 bridgehead atoms. The molecule has 0 aliphatic carbocycles. The second kappa shape index (κ2) is 6.66. The average Bonchev–Trinajstić information content (AvgIpc) is 2.70. The van der Waals surface area contributed by atoms with E-state index in [1.807, 2.05) is 10.9 Å². The summed E-state index contributed by atoms with van der Waals surface area (Å²) in [5, 5.41) is 7.78. The summed E-state index contributed by atoms with van der Waals surface area (Å²) >= 11 is 0. The van der Waals surface area contributed by atoms with Crippen LogP contribution in [0.5, 0.6) is 0 Å².